The monoisotopic (exact) mass is 1140 g/mol. The van der Waals surface area contributed by atoms with E-state index in [4.69, 9.17) is 4.74 Å². The van der Waals surface area contributed by atoms with Crippen molar-refractivity contribution in [3.63, 3.8) is 0 Å². The van der Waals surface area contributed by atoms with Crippen LogP contribution in [-0.4, -0.2) is 40.7 Å². The van der Waals surface area contributed by atoms with Gasteiger partial charge in [0.25, 0.3) is 11.8 Å². The molecular weight excluding hydrogens is 1070 g/mol. The van der Waals surface area contributed by atoms with Crippen molar-refractivity contribution in [2.45, 2.75) is 137 Å². The molecular formula is C67H73N3O4S5. The highest BCUT2D eigenvalue weighted by Gasteiger charge is 2.50. The Labute approximate surface area is 488 Å². The number of fused-ring (bicyclic) bond motifs is 1. The maximum absolute atomic E-state index is 15.8. The number of nitriles is 1. The first kappa shape index (κ1) is 57.7. The van der Waals surface area contributed by atoms with Crippen molar-refractivity contribution in [3.8, 4) is 45.8 Å². The van der Waals surface area contributed by atoms with Crippen LogP contribution < -0.4 is 0 Å². The Morgan fingerprint density at radius 2 is 0.899 bits per heavy atom. The van der Waals surface area contributed by atoms with E-state index in [2.05, 4.69) is 100 Å². The molecule has 12 heteroatoms. The van der Waals surface area contributed by atoms with Gasteiger partial charge in [-0.05, 0) is 115 Å². The van der Waals surface area contributed by atoms with Gasteiger partial charge < -0.3 is 14.5 Å². The number of carbonyl (C=O) groups excluding carboxylic acids is 3. The smallest absolute Gasteiger partial charge is 0.349 e. The van der Waals surface area contributed by atoms with Crippen LogP contribution in [0.2, 0.25) is 0 Å². The van der Waals surface area contributed by atoms with Crippen LogP contribution in [0, 0.1) is 23.2 Å². The number of thiophene rings is 5. The highest BCUT2D eigenvalue weighted by atomic mass is 32.1. The molecule has 2 aliphatic heterocycles. The lowest BCUT2D eigenvalue weighted by Crippen LogP contribution is -2.34. The summed E-state index contributed by atoms with van der Waals surface area (Å²) in [7, 11) is 0. The Morgan fingerprint density at radius 1 is 0.494 bits per heavy atom. The van der Waals surface area contributed by atoms with Crippen molar-refractivity contribution in [1.29, 1.82) is 5.26 Å². The number of ether oxygens (including phenoxy) is 1. The Balaban J connectivity index is 1.08. The predicted molar refractivity (Wildman–Crippen MR) is 335 cm³/mol. The van der Waals surface area contributed by atoms with Gasteiger partial charge in [-0.15, -0.1) is 56.7 Å². The molecule has 79 heavy (non-hydrogen) atoms. The zero-order chi connectivity index (χ0) is 55.1. The number of carbonyl (C=O) groups is 3. The zero-order valence-corrected chi connectivity index (χ0v) is 50.3. The molecule has 0 spiro atoms. The van der Waals surface area contributed by atoms with Gasteiger partial charge in [0.2, 0.25) is 0 Å². The van der Waals surface area contributed by atoms with Crippen LogP contribution in [0.15, 0.2) is 138 Å². The van der Waals surface area contributed by atoms with Crippen molar-refractivity contribution in [1.82, 2.24) is 9.80 Å². The molecule has 0 saturated carbocycles. The van der Waals surface area contributed by atoms with Crippen molar-refractivity contribution >= 4 is 91.9 Å². The van der Waals surface area contributed by atoms with Crippen LogP contribution in [0.4, 0.5) is 0 Å². The molecule has 9 rings (SSSR count). The first-order chi connectivity index (χ1) is 38.7. The van der Waals surface area contributed by atoms with Crippen LogP contribution in [0.5, 0.6) is 0 Å². The van der Waals surface area contributed by atoms with E-state index in [-0.39, 0.29) is 24.0 Å². The van der Waals surface area contributed by atoms with Gasteiger partial charge in [-0.1, -0.05) is 165 Å². The molecule has 2 unspecified atom stereocenters. The number of nitrogens with zero attached hydrogens (tertiary/aromatic N) is 3. The molecule has 0 N–H and O–H groups in total. The third kappa shape index (κ3) is 14.2. The van der Waals surface area contributed by atoms with Crippen LogP contribution in [0.1, 0.15) is 151 Å². The number of hydrogen-bond acceptors (Lipinski definition) is 10. The summed E-state index contributed by atoms with van der Waals surface area (Å²) in [6, 6.07) is 43.3. The second kappa shape index (κ2) is 28.5. The number of esters is 1. The average molecular weight is 1140 g/mol. The number of rotatable bonds is 30. The molecule has 2 atom stereocenters. The van der Waals surface area contributed by atoms with E-state index in [0.29, 0.717) is 36.1 Å². The molecule has 2 amide bonds. The van der Waals surface area contributed by atoms with E-state index in [0.717, 1.165) is 120 Å². The molecule has 7 heterocycles. The van der Waals surface area contributed by atoms with Gasteiger partial charge >= 0.3 is 5.97 Å². The number of benzene rings is 2. The summed E-state index contributed by atoms with van der Waals surface area (Å²) >= 11 is 8.34. The molecule has 2 aromatic carbocycles. The minimum Gasteiger partial charge on any atom is -0.457 e. The molecule has 7 aromatic rings. The molecule has 5 aromatic heterocycles. The van der Waals surface area contributed by atoms with E-state index in [9.17, 15) is 10.1 Å². The summed E-state index contributed by atoms with van der Waals surface area (Å²) in [5.74, 6) is -0.106. The highest BCUT2D eigenvalue weighted by Crippen LogP contribution is 2.52. The van der Waals surface area contributed by atoms with Crippen molar-refractivity contribution in [2.24, 2.45) is 11.8 Å². The number of amides is 2. The maximum atomic E-state index is 15.8. The van der Waals surface area contributed by atoms with Gasteiger partial charge in [0.15, 0.2) is 0 Å². The summed E-state index contributed by atoms with van der Waals surface area (Å²) in [6.45, 7) is 10.3. The van der Waals surface area contributed by atoms with Crippen molar-refractivity contribution in [2.75, 3.05) is 13.1 Å². The van der Waals surface area contributed by atoms with Crippen molar-refractivity contribution < 1.29 is 19.1 Å². The maximum Gasteiger partial charge on any atom is 0.349 e. The summed E-state index contributed by atoms with van der Waals surface area (Å²) in [5.41, 5.74) is 4.71. The molecule has 2 aliphatic rings. The highest BCUT2D eigenvalue weighted by molar-refractivity contribution is 7.27. The average Bonchev–Trinajstić information content (AvgIpc) is 4.52. The Kier molecular flexibility index (Phi) is 20.8. The SMILES string of the molecule is CCCCCCC(CCCC)CN1C(=O)C2=C(c3ccc(-c4ccc(-c5ccc(/C=C(\C#N)C(=O)OCc6ccccc6)s5)s4)s3)N(CC(CCCC)CCCCCC)C(=O)C2=C1c1ccc(-c2ccc(-c3ccccc3)s2)s1. The first-order valence-corrected chi connectivity index (χ1v) is 32.8. The summed E-state index contributed by atoms with van der Waals surface area (Å²) in [6.07, 6.45) is 19.6. The minimum atomic E-state index is -0.650. The van der Waals surface area contributed by atoms with E-state index in [1.165, 1.54) is 65.2 Å². The van der Waals surface area contributed by atoms with Gasteiger partial charge in [0.1, 0.15) is 18.2 Å². The molecule has 410 valence electrons. The van der Waals surface area contributed by atoms with E-state index < -0.39 is 5.97 Å². The molecule has 0 saturated heterocycles. The topological polar surface area (TPSA) is 90.7 Å². The van der Waals surface area contributed by atoms with Gasteiger partial charge in [0.05, 0.1) is 32.3 Å². The second-order valence-corrected chi connectivity index (χ2v) is 26.4. The fourth-order valence-corrected chi connectivity index (χ4v) is 16.2. The third-order valence-corrected chi connectivity index (χ3v) is 21.1. The third-order valence-electron chi connectivity index (χ3n) is 15.1. The van der Waals surface area contributed by atoms with E-state index >= 15 is 9.59 Å². The normalized spacial score (nSPS) is 14.4. The lowest BCUT2D eigenvalue weighted by Gasteiger charge is -2.29. The second-order valence-electron chi connectivity index (χ2n) is 20.9. The Hall–Kier alpha value is -5.94. The number of unbranched alkanes of at least 4 members (excludes halogenated alkanes) is 8. The van der Waals surface area contributed by atoms with Crippen LogP contribution >= 0.6 is 56.7 Å². The van der Waals surface area contributed by atoms with Gasteiger partial charge in [-0.3, -0.25) is 9.59 Å². The number of hydrogen-bond donors (Lipinski definition) is 0. The first-order valence-electron chi connectivity index (χ1n) is 28.7. The fourth-order valence-electron chi connectivity index (χ4n) is 10.8. The lowest BCUT2D eigenvalue weighted by molar-refractivity contribution is -0.139. The van der Waals surface area contributed by atoms with E-state index in [1.54, 1.807) is 51.4 Å². The van der Waals surface area contributed by atoms with E-state index in [1.807, 2.05) is 64.4 Å². The fraction of sp³-hybridized carbons (Fsp3) is 0.373. The Morgan fingerprint density at radius 3 is 1.38 bits per heavy atom. The minimum absolute atomic E-state index is 0.0451. The zero-order valence-electron chi connectivity index (χ0n) is 46.2. The molecule has 0 bridgehead atoms. The van der Waals surface area contributed by atoms with Gasteiger partial charge in [-0.2, -0.15) is 5.26 Å². The van der Waals surface area contributed by atoms with Gasteiger partial charge in [0, 0.05) is 52.1 Å². The molecule has 0 fully saturated rings. The molecule has 0 radical (unpaired) electrons. The Bertz CT molecular complexity index is 3300. The predicted octanol–water partition coefficient (Wildman–Crippen LogP) is 19.7. The van der Waals surface area contributed by atoms with Crippen molar-refractivity contribution in [3.05, 3.63) is 158 Å². The molecule has 7 nitrogen and oxygen atoms in total. The van der Waals surface area contributed by atoms with Crippen LogP contribution in [-0.2, 0) is 25.7 Å². The van der Waals surface area contributed by atoms with Crippen LogP contribution in [0.3, 0.4) is 0 Å². The summed E-state index contributed by atoms with van der Waals surface area (Å²) in [5, 5.41) is 9.91. The van der Waals surface area contributed by atoms with Crippen LogP contribution in [0.25, 0.3) is 57.2 Å². The lowest BCUT2D eigenvalue weighted by atomic mass is 9.94. The summed E-state index contributed by atoms with van der Waals surface area (Å²) in [4.78, 5) is 59.1. The van der Waals surface area contributed by atoms with Gasteiger partial charge in [-0.25, -0.2) is 4.79 Å². The standard InChI is InChI=1S/C67H73N3O4S5/c1-5-9-13-17-25-46(23-11-7-3)43-69-63(59-39-37-57(78-59)55-34-33-52(76-55)49-29-21-16-22-30-49)61-62(66(69)72)64(70(65(61)71)44-47(24-12-8-4)26-18-14-10-6-2)60-40-38-58(79-60)56-36-35-54(77-56)53-32-31-51(75-53)41-50(42-68)67(73)74-45-48-27-19-15-20-28-48/h15-16,19-22,27-41,46-47H,5-14,17-18,23-26,43-45H2,1-4H3/b50-41+. The quantitative estimate of drug-likeness (QED) is 0.0194. The summed E-state index contributed by atoms with van der Waals surface area (Å²) < 4.78 is 5.47. The molecule has 0 aliphatic carbocycles. The largest absolute Gasteiger partial charge is 0.457 e.